The number of methoxy groups -OCH3 is 1. The van der Waals surface area contributed by atoms with Gasteiger partial charge in [0.2, 0.25) is 5.88 Å². The molecule has 1 aliphatic heterocycles. The molecule has 0 radical (unpaired) electrons. The Morgan fingerprint density at radius 3 is 2.29 bits per heavy atom. The average Bonchev–Trinajstić information content (AvgIpc) is 3.30. The third-order valence-corrected chi connectivity index (χ3v) is 5.56. The van der Waals surface area contributed by atoms with Gasteiger partial charge in [0.15, 0.2) is 0 Å². The van der Waals surface area contributed by atoms with Gasteiger partial charge in [-0.2, -0.15) is 5.10 Å². The normalized spacial score (nSPS) is 14.1. The summed E-state index contributed by atoms with van der Waals surface area (Å²) in [6.45, 7) is 5.19. The number of hydrogen-bond acceptors (Lipinski definition) is 7. The Labute approximate surface area is 198 Å². The van der Waals surface area contributed by atoms with E-state index in [1.807, 2.05) is 48.5 Å². The Kier molecular flexibility index (Phi) is 8.13. The Hall–Kier alpha value is -3.40. The molecule has 0 spiro atoms. The summed E-state index contributed by atoms with van der Waals surface area (Å²) in [5, 5.41) is 13.9. The fraction of sp³-hybridized carbons (Fsp3) is 0.360. The maximum absolute atomic E-state index is 11.7. The molecule has 0 bridgehead atoms. The van der Waals surface area contributed by atoms with Gasteiger partial charge < -0.3 is 24.1 Å². The summed E-state index contributed by atoms with van der Waals surface area (Å²) in [5.41, 5.74) is 2.82. The molecule has 2 heterocycles. The van der Waals surface area contributed by atoms with E-state index in [0.717, 1.165) is 35.7 Å². The van der Waals surface area contributed by atoms with Crippen LogP contribution >= 0.6 is 0 Å². The predicted octanol–water partition coefficient (Wildman–Crippen LogP) is 2.97. The van der Waals surface area contributed by atoms with E-state index in [-0.39, 0.29) is 11.4 Å². The molecule has 0 unspecified atom stereocenters. The van der Waals surface area contributed by atoms with Crippen LogP contribution in [0.1, 0.15) is 10.4 Å². The van der Waals surface area contributed by atoms with Gasteiger partial charge in [0, 0.05) is 26.7 Å². The third kappa shape index (κ3) is 5.93. The van der Waals surface area contributed by atoms with Crippen LogP contribution in [0.25, 0.3) is 16.8 Å². The quantitative estimate of drug-likeness (QED) is 0.430. The lowest BCUT2D eigenvalue weighted by Crippen LogP contribution is -2.38. The maximum atomic E-state index is 11.7. The highest BCUT2D eigenvalue weighted by Gasteiger charge is 2.20. The van der Waals surface area contributed by atoms with Crippen molar-refractivity contribution in [2.45, 2.75) is 0 Å². The molecule has 9 nitrogen and oxygen atoms in total. The number of carboxylic acids is 1. The second-order valence-corrected chi connectivity index (χ2v) is 7.80. The van der Waals surface area contributed by atoms with E-state index in [9.17, 15) is 9.90 Å². The lowest BCUT2D eigenvalue weighted by molar-refractivity contribution is 0.0317. The van der Waals surface area contributed by atoms with E-state index in [2.05, 4.69) is 10.00 Å². The van der Waals surface area contributed by atoms with Crippen LogP contribution in [0.5, 0.6) is 11.6 Å². The third-order valence-electron chi connectivity index (χ3n) is 5.56. The van der Waals surface area contributed by atoms with Crippen LogP contribution < -0.4 is 9.47 Å². The molecule has 1 saturated heterocycles. The monoisotopic (exact) mass is 467 g/mol. The van der Waals surface area contributed by atoms with Gasteiger partial charge in [-0.15, -0.1) is 0 Å². The van der Waals surface area contributed by atoms with Crippen molar-refractivity contribution in [2.75, 3.05) is 59.8 Å². The molecular formula is C25H29N3O6. The number of ether oxygens (including phenoxy) is 4. The maximum Gasteiger partial charge on any atom is 0.342 e. The summed E-state index contributed by atoms with van der Waals surface area (Å²) in [4.78, 5) is 13.9. The summed E-state index contributed by atoms with van der Waals surface area (Å²) in [5.74, 6) is -0.0582. The molecule has 0 amide bonds. The molecule has 4 rings (SSSR count). The number of carbonyl (C=O) groups is 1. The molecular weight excluding hydrogens is 438 g/mol. The lowest BCUT2D eigenvalue weighted by Gasteiger charge is -2.26. The number of rotatable bonds is 11. The lowest BCUT2D eigenvalue weighted by atomic mass is 10.1. The first-order chi connectivity index (χ1) is 16.7. The summed E-state index contributed by atoms with van der Waals surface area (Å²) in [7, 11) is 1.64. The van der Waals surface area contributed by atoms with Crippen LogP contribution in [-0.4, -0.2) is 85.5 Å². The van der Waals surface area contributed by atoms with E-state index in [1.165, 1.54) is 10.9 Å². The smallest absolute Gasteiger partial charge is 0.342 e. The Morgan fingerprint density at radius 2 is 1.65 bits per heavy atom. The minimum absolute atomic E-state index is 0.0371. The van der Waals surface area contributed by atoms with Gasteiger partial charge in [0.1, 0.15) is 24.5 Å². The zero-order chi connectivity index (χ0) is 23.8. The Bertz CT molecular complexity index is 1060. The van der Waals surface area contributed by atoms with Crippen LogP contribution in [0, 0.1) is 0 Å². The molecule has 1 aromatic heterocycles. The minimum Gasteiger partial charge on any atom is -0.491 e. The number of aromatic carboxylic acids is 1. The van der Waals surface area contributed by atoms with Crippen molar-refractivity contribution in [3.63, 3.8) is 0 Å². The van der Waals surface area contributed by atoms with E-state index in [0.29, 0.717) is 39.6 Å². The minimum atomic E-state index is -1.07. The highest BCUT2D eigenvalue weighted by molar-refractivity contribution is 5.90. The first-order valence-corrected chi connectivity index (χ1v) is 11.2. The number of benzene rings is 2. The Morgan fingerprint density at radius 1 is 0.971 bits per heavy atom. The number of hydrogen-bond donors (Lipinski definition) is 1. The zero-order valence-electron chi connectivity index (χ0n) is 19.2. The predicted molar refractivity (Wildman–Crippen MR) is 126 cm³/mol. The van der Waals surface area contributed by atoms with Crippen molar-refractivity contribution in [3.8, 4) is 28.4 Å². The molecule has 2 aromatic carbocycles. The van der Waals surface area contributed by atoms with Gasteiger partial charge in [0.05, 0.1) is 31.7 Å². The van der Waals surface area contributed by atoms with Gasteiger partial charge in [0.25, 0.3) is 0 Å². The molecule has 0 atom stereocenters. The van der Waals surface area contributed by atoms with Crippen LogP contribution in [0.2, 0.25) is 0 Å². The van der Waals surface area contributed by atoms with Gasteiger partial charge in [-0.05, 0) is 35.4 Å². The SMILES string of the molecule is COCCOc1ccc(-c2ccc(-n3ncc(C(=O)O)c3OCCN3CCOCC3)cc2)cc1. The standard InChI is InChI=1S/C25H29N3O6/c1-31-16-17-33-22-8-4-20(5-9-22)19-2-6-21(7-3-19)28-24(23(18-26-28)25(29)30)34-15-12-27-10-13-32-14-11-27/h2-9,18H,10-17H2,1H3,(H,29,30). The summed E-state index contributed by atoms with van der Waals surface area (Å²) < 4.78 is 23.4. The van der Waals surface area contributed by atoms with Gasteiger partial charge in [-0.1, -0.05) is 24.3 Å². The van der Waals surface area contributed by atoms with Crippen molar-refractivity contribution in [2.24, 2.45) is 0 Å². The first-order valence-electron chi connectivity index (χ1n) is 11.2. The number of carboxylic acid groups (broad SMARTS) is 1. The zero-order valence-corrected chi connectivity index (χ0v) is 19.2. The molecule has 3 aromatic rings. The fourth-order valence-corrected chi connectivity index (χ4v) is 3.68. The van der Waals surface area contributed by atoms with Crippen molar-refractivity contribution < 1.29 is 28.8 Å². The van der Waals surface area contributed by atoms with Crippen molar-refractivity contribution in [1.29, 1.82) is 0 Å². The summed E-state index contributed by atoms with van der Waals surface area (Å²) >= 11 is 0. The van der Waals surface area contributed by atoms with Crippen LogP contribution in [-0.2, 0) is 9.47 Å². The second-order valence-electron chi connectivity index (χ2n) is 7.80. The second kappa shape index (κ2) is 11.6. The van der Waals surface area contributed by atoms with Gasteiger partial charge >= 0.3 is 5.97 Å². The summed E-state index contributed by atoms with van der Waals surface area (Å²) in [6, 6.07) is 15.6. The average molecular weight is 468 g/mol. The van der Waals surface area contributed by atoms with E-state index >= 15 is 0 Å². The molecule has 34 heavy (non-hydrogen) atoms. The van der Waals surface area contributed by atoms with Gasteiger partial charge in [-0.25, -0.2) is 9.48 Å². The molecule has 1 aliphatic rings. The highest BCUT2D eigenvalue weighted by atomic mass is 16.5. The van der Waals surface area contributed by atoms with Crippen molar-refractivity contribution in [3.05, 3.63) is 60.3 Å². The molecule has 180 valence electrons. The molecule has 0 aliphatic carbocycles. The number of morpholine rings is 1. The Balaban J connectivity index is 1.45. The van der Waals surface area contributed by atoms with Crippen LogP contribution in [0.4, 0.5) is 0 Å². The van der Waals surface area contributed by atoms with E-state index < -0.39 is 5.97 Å². The topological polar surface area (TPSA) is 95.3 Å². The fourth-order valence-electron chi connectivity index (χ4n) is 3.68. The summed E-state index contributed by atoms with van der Waals surface area (Å²) in [6.07, 6.45) is 1.32. The van der Waals surface area contributed by atoms with Crippen LogP contribution in [0.3, 0.4) is 0 Å². The molecule has 0 saturated carbocycles. The van der Waals surface area contributed by atoms with E-state index in [4.69, 9.17) is 18.9 Å². The molecule has 1 N–H and O–H groups in total. The molecule has 1 fully saturated rings. The van der Waals surface area contributed by atoms with Crippen molar-refractivity contribution >= 4 is 5.97 Å². The molecule has 9 heteroatoms. The highest BCUT2D eigenvalue weighted by Crippen LogP contribution is 2.27. The first kappa shape index (κ1) is 23.7. The van der Waals surface area contributed by atoms with Gasteiger partial charge in [-0.3, -0.25) is 4.90 Å². The largest absolute Gasteiger partial charge is 0.491 e. The van der Waals surface area contributed by atoms with Crippen LogP contribution in [0.15, 0.2) is 54.7 Å². The van der Waals surface area contributed by atoms with Crippen molar-refractivity contribution in [1.82, 2.24) is 14.7 Å². The number of aromatic nitrogens is 2. The number of nitrogens with zero attached hydrogens (tertiary/aromatic N) is 3. The van der Waals surface area contributed by atoms with E-state index in [1.54, 1.807) is 7.11 Å².